The molecule has 0 atom stereocenters. The zero-order valence-corrected chi connectivity index (χ0v) is 12.6. The van der Waals surface area contributed by atoms with Gasteiger partial charge < -0.3 is 4.74 Å². The number of ether oxygens (including phenoxy) is 1. The van der Waals surface area contributed by atoms with E-state index in [1.807, 2.05) is 26.0 Å². The third kappa shape index (κ3) is 3.33. The molecular weight excluding hydrogens is 298 g/mol. The van der Waals surface area contributed by atoms with E-state index in [0.717, 1.165) is 11.1 Å². The molecule has 0 aliphatic heterocycles. The van der Waals surface area contributed by atoms with Gasteiger partial charge in [-0.3, -0.25) is 0 Å². The first kappa shape index (κ1) is 14.9. The molecule has 0 unspecified atom stereocenters. The summed E-state index contributed by atoms with van der Waals surface area (Å²) >= 11 is 12.2. The van der Waals surface area contributed by atoms with Crippen molar-refractivity contribution in [2.75, 3.05) is 0 Å². The standard InChI is InChI=1S/C16H13Cl2FO/c1-3-15(20-13-6-4-12(19)5-7-13)16-10(2)8-11(17)9-14(16)18/h3-9H,1-2H3/b15-3+. The topological polar surface area (TPSA) is 9.23 Å². The Labute approximate surface area is 127 Å². The fraction of sp³-hybridized carbons (Fsp3) is 0.125. The molecule has 0 aliphatic carbocycles. The van der Waals surface area contributed by atoms with Crippen LogP contribution in [0.3, 0.4) is 0 Å². The van der Waals surface area contributed by atoms with Crippen LogP contribution in [-0.2, 0) is 0 Å². The van der Waals surface area contributed by atoms with Crippen LogP contribution in [0.2, 0.25) is 10.0 Å². The summed E-state index contributed by atoms with van der Waals surface area (Å²) in [6.07, 6.45) is 1.81. The van der Waals surface area contributed by atoms with E-state index in [9.17, 15) is 4.39 Å². The minimum atomic E-state index is -0.305. The van der Waals surface area contributed by atoms with E-state index >= 15 is 0 Å². The molecule has 2 rings (SSSR count). The van der Waals surface area contributed by atoms with E-state index in [0.29, 0.717) is 21.6 Å². The highest BCUT2D eigenvalue weighted by Gasteiger charge is 2.13. The number of allylic oxidation sites excluding steroid dienone is 1. The van der Waals surface area contributed by atoms with Gasteiger partial charge in [0, 0.05) is 10.6 Å². The molecule has 0 fully saturated rings. The quantitative estimate of drug-likeness (QED) is 0.643. The van der Waals surface area contributed by atoms with Gasteiger partial charge in [0.05, 0.1) is 5.02 Å². The second-order valence-corrected chi connectivity index (χ2v) is 5.13. The molecule has 1 nitrogen and oxygen atoms in total. The lowest BCUT2D eigenvalue weighted by molar-refractivity contribution is 0.511. The van der Waals surface area contributed by atoms with Gasteiger partial charge in [-0.25, -0.2) is 4.39 Å². The van der Waals surface area contributed by atoms with Crippen molar-refractivity contribution >= 4 is 29.0 Å². The molecular formula is C16H13Cl2FO. The van der Waals surface area contributed by atoms with E-state index < -0.39 is 0 Å². The Morgan fingerprint density at radius 1 is 1.15 bits per heavy atom. The summed E-state index contributed by atoms with van der Waals surface area (Å²) in [5.41, 5.74) is 1.70. The lowest BCUT2D eigenvalue weighted by Gasteiger charge is -2.14. The van der Waals surface area contributed by atoms with Gasteiger partial charge in [-0.1, -0.05) is 23.2 Å². The van der Waals surface area contributed by atoms with Crippen molar-refractivity contribution in [1.82, 2.24) is 0 Å². The van der Waals surface area contributed by atoms with Gasteiger partial charge in [-0.05, 0) is 61.9 Å². The van der Waals surface area contributed by atoms with Crippen LogP contribution in [0.15, 0.2) is 42.5 Å². The van der Waals surface area contributed by atoms with E-state index in [-0.39, 0.29) is 5.82 Å². The lowest BCUT2D eigenvalue weighted by Crippen LogP contribution is -1.98. The Hall–Kier alpha value is -1.51. The second kappa shape index (κ2) is 6.29. The molecule has 0 bridgehead atoms. The summed E-state index contributed by atoms with van der Waals surface area (Å²) in [6, 6.07) is 9.32. The Morgan fingerprint density at radius 3 is 2.35 bits per heavy atom. The summed E-state index contributed by atoms with van der Waals surface area (Å²) in [5.74, 6) is 0.848. The minimum absolute atomic E-state index is 0.305. The monoisotopic (exact) mass is 310 g/mol. The molecule has 0 aromatic heterocycles. The average molecular weight is 311 g/mol. The zero-order chi connectivity index (χ0) is 14.7. The Balaban J connectivity index is 2.37. The van der Waals surface area contributed by atoms with Crippen LogP contribution in [0, 0.1) is 12.7 Å². The average Bonchev–Trinajstić information content (AvgIpc) is 2.38. The van der Waals surface area contributed by atoms with Gasteiger partial charge in [-0.2, -0.15) is 0 Å². The largest absolute Gasteiger partial charge is 0.457 e. The van der Waals surface area contributed by atoms with Gasteiger partial charge in [0.1, 0.15) is 17.3 Å². The molecule has 20 heavy (non-hydrogen) atoms. The van der Waals surface area contributed by atoms with Crippen molar-refractivity contribution < 1.29 is 9.13 Å². The van der Waals surface area contributed by atoms with Crippen molar-refractivity contribution in [3.05, 3.63) is 69.5 Å². The predicted molar refractivity (Wildman–Crippen MR) is 81.9 cm³/mol. The molecule has 104 valence electrons. The van der Waals surface area contributed by atoms with E-state index in [1.54, 1.807) is 18.2 Å². The first-order chi connectivity index (χ1) is 9.51. The van der Waals surface area contributed by atoms with Crippen LogP contribution in [0.1, 0.15) is 18.1 Å². The molecule has 0 heterocycles. The van der Waals surface area contributed by atoms with Crippen molar-refractivity contribution in [2.24, 2.45) is 0 Å². The number of benzene rings is 2. The highest BCUT2D eigenvalue weighted by Crippen LogP contribution is 2.32. The maximum atomic E-state index is 12.9. The van der Waals surface area contributed by atoms with Crippen molar-refractivity contribution in [3.63, 3.8) is 0 Å². The van der Waals surface area contributed by atoms with Gasteiger partial charge in [0.25, 0.3) is 0 Å². The van der Waals surface area contributed by atoms with Crippen molar-refractivity contribution in [2.45, 2.75) is 13.8 Å². The predicted octanol–water partition coefficient (Wildman–Crippen LogP) is 5.88. The number of halogens is 3. The second-order valence-electron chi connectivity index (χ2n) is 4.29. The number of hydrogen-bond acceptors (Lipinski definition) is 1. The van der Waals surface area contributed by atoms with Crippen LogP contribution in [0.25, 0.3) is 5.76 Å². The van der Waals surface area contributed by atoms with Gasteiger partial charge in [0.15, 0.2) is 0 Å². The SMILES string of the molecule is C/C=C(/Oc1ccc(F)cc1)c1c(C)cc(Cl)cc1Cl. The lowest BCUT2D eigenvalue weighted by atomic mass is 10.1. The Morgan fingerprint density at radius 2 is 1.80 bits per heavy atom. The van der Waals surface area contributed by atoms with Gasteiger partial charge in [0.2, 0.25) is 0 Å². The van der Waals surface area contributed by atoms with Crippen LogP contribution in [0.5, 0.6) is 5.75 Å². The van der Waals surface area contributed by atoms with Gasteiger partial charge >= 0.3 is 0 Å². The molecule has 0 saturated carbocycles. The normalized spacial score (nSPS) is 11.6. The minimum Gasteiger partial charge on any atom is -0.457 e. The third-order valence-corrected chi connectivity index (χ3v) is 3.32. The molecule has 2 aromatic rings. The highest BCUT2D eigenvalue weighted by atomic mass is 35.5. The zero-order valence-electron chi connectivity index (χ0n) is 11.1. The molecule has 2 aromatic carbocycles. The Kier molecular flexibility index (Phi) is 4.69. The number of aryl methyl sites for hydroxylation is 1. The molecule has 0 saturated heterocycles. The smallest absolute Gasteiger partial charge is 0.132 e. The third-order valence-electron chi connectivity index (χ3n) is 2.80. The maximum Gasteiger partial charge on any atom is 0.132 e. The van der Waals surface area contributed by atoms with Crippen LogP contribution in [0.4, 0.5) is 4.39 Å². The number of rotatable bonds is 3. The van der Waals surface area contributed by atoms with E-state index in [4.69, 9.17) is 27.9 Å². The summed E-state index contributed by atoms with van der Waals surface area (Å²) in [7, 11) is 0. The van der Waals surface area contributed by atoms with Crippen LogP contribution < -0.4 is 4.74 Å². The fourth-order valence-corrected chi connectivity index (χ4v) is 2.59. The van der Waals surface area contributed by atoms with E-state index in [2.05, 4.69) is 0 Å². The molecule has 0 radical (unpaired) electrons. The van der Waals surface area contributed by atoms with Crippen molar-refractivity contribution in [3.8, 4) is 5.75 Å². The van der Waals surface area contributed by atoms with E-state index in [1.165, 1.54) is 12.1 Å². The molecule has 4 heteroatoms. The van der Waals surface area contributed by atoms with Crippen LogP contribution in [-0.4, -0.2) is 0 Å². The summed E-state index contributed by atoms with van der Waals surface area (Å²) in [4.78, 5) is 0. The number of hydrogen-bond donors (Lipinski definition) is 0. The molecule has 0 amide bonds. The van der Waals surface area contributed by atoms with Crippen molar-refractivity contribution in [1.29, 1.82) is 0 Å². The summed E-state index contributed by atoms with van der Waals surface area (Å²) in [5, 5.41) is 1.10. The van der Waals surface area contributed by atoms with Crippen LogP contribution >= 0.6 is 23.2 Å². The fourth-order valence-electron chi connectivity index (χ4n) is 1.90. The maximum absolute atomic E-state index is 12.9. The highest BCUT2D eigenvalue weighted by molar-refractivity contribution is 6.35. The molecule has 0 aliphatic rings. The first-order valence-corrected chi connectivity index (χ1v) is 6.82. The summed E-state index contributed by atoms with van der Waals surface area (Å²) < 4.78 is 18.7. The van der Waals surface area contributed by atoms with Gasteiger partial charge in [-0.15, -0.1) is 0 Å². The molecule has 0 spiro atoms. The molecule has 0 N–H and O–H groups in total. The Bertz CT molecular complexity index is 625. The summed E-state index contributed by atoms with van der Waals surface area (Å²) in [6.45, 7) is 3.76. The first-order valence-electron chi connectivity index (χ1n) is 6.07.